The Morgan fingerprint density at radius 3 is 2.34 bits per heavy atom. The molecular weight excluding hydrogens is 532 g/mol. The summed E-state index contributed by atoms with van der Waals surface area (Å²) in [6, 6.07) is 28.9. The lowest BCUT2D eigenvalue weighted by Gasteiger charge is -2.09. The molecule has 1 amide bonds. The van der Waals surface area contributed by atoms with Crippen molar-refractivity contribution in [2.45, 2.75) is 13.8 Å². The van der Waals surface area contributed by atoms with Crippen LogP contribution in [-0.4, -0.2) is 28.3 Å². The van der Waals surface area contributed by atoms with Gasteiger partial charge in [0, 0.05) is 28.3 Å². The predicted molar refractivity (Wildman–Crippen MR) is 162 cm³/mol. The van der Waals surface area contributed by atoms with Gasteiger partial charge in [0.1, 0.15) is 22.2 Å². The first-order valence-corrected chi connectivity index (χ1v) is 13.9. The summed E-state index contributed by atoms with van der Waals surface area (Å²) in [4.78, 5) is 26.4. The molecular formula is C33H26N4O3S. The molecule has 0 saturated heterocycles. The number of aryl methyl sites for hydroxylation is 1. The molecule has 7 nitrogen and oxygen atoms in total. The second-order valence-electron chi connectivity index (χ2n) is 9.14. The van der Waals surface area contributed by atoms with E-state index in [-0.39, 0.29) is 17.7 Å². The molecule has 2 heterocycles. The second kappa shape index (κ2) is 12.3. The van der Waals surface area contributed by atoms with E-state index in [1.807, 2.05) is 97.9 Å². The Morgan fingerprint density at radius 2 is 1.68 bits per heavy atom. The Hall–Kier alpha value is -5.26. The number of thiophene rings is 1. The zero-order valence-electron chi connectivity index (χ0n) is 22.5. The van der Waals surface area contributed by atoms with Gasteiger partial charge in [0.25, 0.3) is 5.91 Å². The van der Waals surface area contributed by atoms with E-state index in [2.05, 4.69) is 5.32 Å². The minimum Gasteiger partial charge on any atom is -0.462 e. The number of hydrogen-bond acceptors (Lipinski definition) is 6. The summed E-state index contributed by atoms with van der Waals surface area (Å²) in [5.74, 6) is -1.18. The molecule has 1 N–H and O–H groups in total. The Morgan fingerprint density at radius 1 is 1.00 bits per heavy atom. The lowest BCUT2D eigenvalue weighted by atomic mass is 10.0. The summed E-state index contributed by atoms with van der Waals surface area (Å²) in [5.41, 5.74) is 5.61. The molecule has 0 aliphatic rings. The van der Waals surface area contributed by atoms with Crippen LogP contribution in [0.2, 0.25) is 0 Å². The van der Waals surface area contributed by atoms with Crippen LogP contribution in [0.25, 0.3) is 34.1 Å². The molecule has 0 aliphatic carbocycles. The van der Waals surface area contributed by atoms with Gasteiger partial charge in [0.2, 0.25) is 0 Å². The van der Waals surface area contributed by atoms with Crippen LogP contribution in [0.15, 0.2) is 102 Å². The van der Waals surface area contributed by atoms with Crippen molar-refractivity contribution >= 4 is 34.3 Å². The van der Waals surface area contributed by atoms with Gasteiger partial charge in [0.05, 0.1) is 18.0 Å². The van der Waals surface area contributed by atoms with E-state index in [1.54, 1.807) is 23.2 Å². The predicted octanol–water partition coefficient (Wildman–Crippen LogP) is 7.30. The van der Waals surface area contributed by atoms with Crippen LogP contribution in [0.5, 0.6) is 0 Å². The maximum absolute atomic E-state index is 13.4. The molecule has 0 atom stereocenters. The van der Waals surface area contributed by atoms with E-state index in [0.717, 1.165) is 22.4 Å². The summed E-state index contributed by atoms with van der Waals surface area (Å²) in [5, 5.41) is 19.7. The minimum atomic E-state index is -0.637. The van der Waals surface area contributed by atoms with E-state index in [9.17, 15) is 14.9 Å². The highest BCUT2D eigenvalue weighted by Crippen LogP contribution is 2.37. The van der Waals surface area contributed by atoms with Gasteiger partial charge in [-0.3, -0.25) is 4.79 Å². The van der Waals surface area contributed by atoms with Crippen molar-refractivity contribution in [1.82, 2.24) is 9.78 Å². The van der Waals surface area contributed by atoms with Crippen LogP contribution in [0.4, 0.5) is 5.00 Å². The quantitative estimate of drug-likeness (QED) is 0.122. The first-order valence-electron chi connectivity index (χ1n) is 13.0. The molecule has 202 valence electrons. The molecule has 8 heteroatoms. The zero-order valence-corrected chi connectivity index (χ0v) is 23.3. The monoisotopic (exact) mass is 558 g/mol. The largest absolute Gasteiger partial charge is 0.462 e. The van der Waals surface area contributed by atoms with Gasteiger partial charge in [0.15, 0.2) is 0 Å². The standard InChI is InChI=1S/C33H26N4O3S/c1-3-40-33(39)29-28(23-16-14-22(2)15-17-23)21-41-32(29)35-31(38)25(19-34)18-26-20-37(27-12-8-5-9-13-27)36-30(26)24-10-6-4-7-11-24/h4-18,20-21H,3H2,1-2H3,(H,35,38)/b25-18+. The van der Waals surface area contributed by atoms with E-state index in [0.29, 0.717) is 21.8 Å². The second-order valence-corrected chi connectivity index (χ2v) is 10.0. The molecule has 2 aromatic heterocycles. The fourth-order valence-corrected chi connectivity index (χ4v) is 5.25. The zero-order chi connectivity index (χ0) is 28.8. The Kier molecular flexibility index (Phi) is 8.18. The lowest BCUT2D eigenvalue weighted by molar-refractivity contribution is -0.112. The first-order chi connectivity index (χ1) is 20.0. The number of nitriles is 1. The van der Waals surface area contributed by atoms with Crippen molar-refractivity contribution < 1.29 is 14.3 Å². The van der Waals surface area contributed by atoms with Crippen molar-refractivity contribution in [3.63, 3.8) is 0 Å². The fourth-order valence-electron chi connectivity index (χ4n) is 4.30. The van der Waals surface area contributed by atoms with E-state index in [4.69, 9.17) is 9.84 Å². The molecule has 0 aliphatic heterocycles. The molecule has 5 rings (SSSR count). The van der Waals surface area contributed by atoms with Crippen molar-refractivity contribution in [2.24, 2.45) is 0 Å². The van der Waals surface area contributed by atoms with E-state index >= 15 is 0 Å². The number of carbonyl (C=O) groups is 2. The fraction of sp³-hybridized carbons (Fsp3) is 0.0909. The molecule has 0 saturated carbocycles. The molecule has 0 unspecified atom stereocenters. The van der Waals surface area contributed by atoms with E-state index in [1.165, 1.54) is 17.4 Å². The van der Waals surface area contributed by atoms with Gasteiger partial charge < -0.3 is 10.1 Å². The topological polar surface area (TPSA) is 97.0 Å². The van der Waals surface area contributed by atoms with Gasteiger partial charge in [-0.1, -0.05) is 78.4 Å². The van der Waals surface area contributed by atoms with Crippen LogP contribution >= 0.6 is 11.3 Å². The highest BCUT2D eigenvalue weighted by molar-refractivity contribution is 7.15. The molecule has 0 fully saturated rings. The summed E-state index contributed by atoms with van der Waals surface area (Å²) < 4.78 is 7.03. The number of benzene rings is 3. The average Bonchev–Trinajstić information content (AvgIpc) is 3.62. The third-order valence-electron chi connectivity index (χ3n) is 6.34. The van der Waals surface area contributed by atoms with Gasteiger partial charge in [-0.25, -0.2) is 9.48 Å². The number of hydrogen-bond donors (Lipinski definition) is 1. The summed E-state index contributed by atoms with van der Waals surface area (Å²) >= 11 is 1.21. The molecule has 0 radical (unpaired) electrons. The van der Waals surface area contributed by atoms with Crippen LogP contribution in [-0.2, 0) is 9.53 Å². The van der Waals surface area contributed by atoms with Crippen LogP contribution < -0.4 is 5.32 Å². The summed E-state index contributed by atoms with van der Waals surface area (Å²) in [6.45, 7) is 3.90. The Balaban J connectivity index is 1.52. The van der Waals surface area contributed by atoms with Gasteiger partial charge in [-0.05, 0) is 37.6 Å². The summed E-state index contributed by atoms with van der Waals surface area (Å²) in [6.07, 6.45) is 3.30. The highest BCUT2D eigenvalue weighted by Gasteiger charge is 2.24. The van der Waals surface area contributed by atoms with Gasteiger partial charge in [-0.15, -0.1) is 11.3 Å². The third kappa shape index (κ3) is 6.01. The SMILES string of the molecule is CCOC(=O)c1c(-c2ccc(C)cc2)csc1NC(=O)/C(C#N)=C/c1cn(-c2ccccc2)nc1-c1ccccc1. The maximum atomic E-state index is 13.4. The third-order valence-corrected chi connectivity index (χ3v) is 7.23. The Bertz CT molecular complexity index is 1760. The number of nitrogens with one attached hydrogen (secondary N) is 1. The van der Waals surface area contributed by atoms with Gasteiger partial charge >= 0.3 is 5.97 Å². The normalized spacial score (nSPS) is 11.1. The smallest absolute Gasteiger partial charge is 0.341 e. The molecule has 0 bridgehead atoms. The van der Waals surface area contributed by atoms with Crippen LogP contribution in [0.3, 0.4) is 0 Å². The number of ether oxygens (including phenoxy) is 1. The van der Waals surface area contributed by atoms with Crippen molar-refractivity contribution in [3.05, 3.63) is 119 Å². The molecule has 3 aromatic carbocycles. The summed E-state index contributed by atoms with van der Waals surface area (Å²) in [7, 11) is 0. The van der Waals surface area contributed by atoms with Crippen molar-refractivity contribution in [2.75, 3.05) is 11.9 Å². The average molecular weight is 559 g/mol. The molecule has 41 heavy (non-hydrogen) atoms. The number of carbonyl (C=O) groups excluding carboxylic acids is 2. The van der Waals surface area contributed by atoms with Crippen molar-refractivity contribution in [1.29, 1.82) is 5.26 Å². The van der Waals surface area contributed by atoms with Gasteiger partial charge in [-0.2, -0.15) is 10.4 Å². The minimum absolute atomic E-state index is 0.130. The molecule has 0 spiro atoms. The van der Waals surface area contributed by atoms with Crippen LogP contribution in [0.1, 0.15) is 28.4 Å². The Labute approximate surface area is 242 Å². The highest BCUT2D eigenvalue weighted by atomic mass is 32.1. The first kappa shape index (κ1) is 27.3. The lowest BCUT2D eigenvalue weighted by Crippen LogP contribution is -2.16. The van der Waals surface area contributed by atoms with Crippen LogP contribution in [0, 0.1) is 18.3 Å². The molecule has 5 aromatic rings. The number of esters is 1. The number of para-hydroxylation sites is 1. The van der Waals surface area contributed by atoms with Crippen molar-refractivity contribution in [3.8, 4) is 34.1 Å². The number of amides is 1. The van der Waals surface area contributed by atoms with E-state index < -0.39 is 11.9 Å². The number of nitrogens with zero attached hydrogens (tertiary/aromatic N) is 3. The maximum Gasteiger partial charge on any atom is 0.341 e. The number of anilines is 1. The number of rotatable bonds is 8. The number of aromatic nitrogens is 2.